The van der Waals surface area contributed by atoms with Crippen molar-refractivity contribution in [2.75, 3.05) is 26.4 Å². The Bertz CT molecular complexity index is 304. The largest absolute Gasteiger partial charge is 0.500 e. The summed E-state index contributed by atoms with van der Waals surface area (Å²) in [6, 6.07) is 0. The number of rotatable bonds is 10. The molecular weight excluding hydrogens is 252 g/mol. The third kappa shape index (κ3) is 6.35. The molecule has 0 saturated carbocycles. The van der Waals surface area contributed by atoms with Crippen LogP contribution in [0.15, 0.2) is 11.8 Å². The van der Waals surface area contributed by atoms with Crippen molar-refractivity contribution in [2.45, 2.75) is 34.0 Å². The average Bonchev–Trinajstić information content (AvgIpc) is 2.39. The van der Waals surface area contributed by atoms with E-state index in [1.165, 1.54) is 0 Å². The van der Waals surface area contributed by atoms with E-state index < -0.39 is 18.0 Å². The molecule has 110 valence electrons. The summed E-state index contributed by atoms with van der Waals surface area (Å²) in [6.45, 7) is 7.96. The molecular formula is C13H22O6. The fraction of sp³-hybridized carbons (Fsp3) is 0.692. The molecule has 0 fully saturated rings. The van der Waals surface area contributed by atoms with Crippen LogP contribution in [0.25, 0.3) is 0 Å². The van der Waals surface area contributed by atoms with E-state index in [1.54, 1.807) is 27.7 Å². The van der Waals surface area contributed by atoms with Crippen LogP contribution in [0.1, 0.15) is 27.7 Å². The summed E-state index contributed by atoms with van der Waals surface area (Å²) in [7, 11) is 0. The number of carbonyl (C=O) groups excluding carboxylic acids is 2. The Morgan fingerprint density at radius 2 is 1.53 bits per heavy atom. The lowest BCUT2D eigenvalue weighted by molar-refractivity contribution is -0.166. The van der Waals surface area contributed by atoms with E-state index >= 15 is 0 Å². The van der Waals surface area contributed by atoms with Crippen molar-refractivity contribution in [2.24, 2.45) is 0 Å². The maximum Gasteiger partial charge on any atom is 0.345 e. The maximum absolute atomic E-state index is 12.1. The number of carbonyl (C=O) groups is 2. The van der Waals surface area contributed by atoms with Gasteiger partial charge in [-0.15, -0.1) is 0 Å². The minimum atomic E-state index is -1.12. The predicted molar refractivity (Wildman–Crippen MR) is 68.4 cm³/mol. The van der Waals surface area contributed by atoms with Gasteiger partial charge in [0.15, 0.2) is 0 Å². The predicted octanol–water partition coefficient (Wildman–Crippen LogP) is 1.44. The molecule has 0 unspecified atom stereocenters. The van der Waals surface area contributed by atoms with E-state index in [1.807, 2.05) is 0 Å². The highest BCUT2D eigenvalue weighted by molar-refractivity contribution is 6.18. The molecule has 0 aromatic heterocycles. The van der Waals surface area contributed by atoms with Gasteiger partial charge in [-0.05, 0) is 27.7 Å². The van der Waals surface area contributed by atoms with Crippen molar-refractivity contribution >= 4 is 11.8 Å². The Hall–Kier alpha value is -1.40. The summed E-state index contributed by atoms with van der Waals surface area (Å²) in [6.07, 6.45) is -0.0307. The van der Waals surface area contributed by atoms with Gasteiger partial charge in [0.1, 0.15) is 11.8 Å². The second-order valence-electron chi connectivity index (χ2n) is 3.31. The molecule has 6 nitrogen and oxygen atoms in total. The molecule has 0 rings (SSSR count). The first-order valence-electron chi connectivity index (χ1n) is 6.38. The van der Waals surface area contributed by atoms with Gasteiger partial charge < -0.3 is 18.9 Å². The lowest BCUT2D eigenvalue weighted by atomic mass is 10.2. The molecule has 0 radical (unpaired) electrons. The van der Waals surface area contributed by atoms with Crippen molar-refractivity contribution in [3.05, 3.63) is 11.8 Å². The van der Waals surface area contributed by atoms with Gasteiger partial charge in [-0.3, -0.25) is 4.79 Å². The number of ether oxygens (including phenoxy) is 4. The fourth-order valence-corrected chi connectivity index (χ4v) is 1.21. The van der Waals surface area contributed by atoms with Crippen LogP contribution in [0.3, 0.4) is 0 Å². The Labute approximate surface area is 113 Å². The van der Waals surface area contributed by atoms with Crippen LogP contribution in [-0.4, -0.2) is 44.5 Å². The molecule has 0 atom stereocenters. The average molecular weight is 274 g/mol. The van der Waals surface area contributed by atoms with Gasteiger partial charge in [-0.2, -0.15) is 0 Å². The standard InChI is InChI=1S/C13H22O6/c1-5-16-9-10(12(15)17-6-2)11(14)13(18-7-3)19-8-4/h9,13H,5-8H2,1-4H3. The number of Topliss-reactive ketones (excluding diaryl/α,β-unsaturated/α-hetero) is 1. The summed E-state index contributed by atoms with van der Waals surface area (Å²) >= 11 is 0. The zero-order valence-corrected chi connectivity index (χ0v) is 11.9. The molecule has 0 aliphatic carbocycles. The molecule has 0 aliphatic rings. The highest BCUT2D eigenvalue weighted by atomic mass is 16.7. The van der Waals surface area contributed by atoms with Gasteiger partial charge in [-0.25, -0.2) is 4.79 Å². The molecule has 0 amide bonds. The van der Waals surface area contributed by atoms with Crippen molar-refractivity contribution in [3.8, 4) is 0 Å². The molecule has 0 aromatic rings. The SMILES string of the molecule is CCOC=C(C(=O)OCC)C(=O)C(OCC)OCC. The first-order chi connectivity index (χ1) is 9.12. The third-order valence-corrected chi connectivity index (χ3v) is 1.98. The summed E-state index contributed by atoms with van der Waals surface area (Å²) in [5.41, 5.74) is -0.212. The fourth-order valence-electron chi connectivity index (χ4n) is 1.21. The second kappa shape index (κ2) is 10.5. The highest BCUT2D eigenvalue weighted by Gasteiger charge is 2.29. The second-order valence-corrected chi connectivity index (χ2v) is 3.31. The van der Waals surface area contributed by atoms with Crippen LogP contribution in [0.5, 0.6) is 0 Å². The Kier molecular flexibility index (Phi) is 9.74. The summed E-state index contributed by atoms with van der Waals surface area (Å²) in [4.78, 5) is 23.8. The minimum Gasteiger partial charge on any atom is -0.500 e. The Morgan fingerprint density at radius 1 is 0.947 bits per heavy atom. The Morgan fingerprint density at radius 3 is 1.95 bits per heavy atom. The van der Waals surface area contributed by atoms with Crippen LogP contribution in [0.2, 0.25) is 0 Å². The van der Waals surface area contributed by atoms with E-state index in [4.69, 9.17) is 18.9 Å². The van der Waals surface area contributed by atoms with E-state index in [0.29, 0.717) is 19.8 Å². The van der Waals surface area contributed by atoms with Crippen LogP contribution < -0.4 is 0 Å². The lowest BCUT2D eigenvalue weighted by Gasteiger charge is -2.16. The first kappa shape index (κ1) is 17.6. The number of hydrogen-bond acceptors (Lipinski definition) is 6. The third-order valence-electron chi connectivity index (χ3n) is 1.98. The molecule has 6 heteroatoms. The van der Waals surface area contributed by atoms with Gasteiger partial charge in [0.2, 0.25) is 12.1 Å². The van der Waals surface area contributed by atoms with Gasteiger partial charge >= 0.3 is 5.97 Å². The molecule has 0 saturated heterocycles. The van der Waals surface area contributed by atoms with E-state index in [9.17, 15) is 9.59 Å². The number of ketones is 1. The normalized spacial score (nSPS) is 11.5. The van der Waals surface area contributed by atoms with Gasteiger partial charge in [-0.1, -0.05) is 0 Å². The summed E-state index contributed by atoms with van der Waals surface area (Å²) in [5.74, 6) is -1.35. The van der Waals surface area contributed by atoms with Gasteiger partial charge in [0.25, 0.3) is 0 Å². The summed E-state index contributed by atoms with van der Waals surface area (Å²) < 4.78 is 20.1. The number of esters is 1. The highest BCUT2D eigenvalue weighted by Crippen LogP contribution is 2.09. The topological polar surface area (TPSA) is 71.1 Å². The lowest BCUT2D eigenvalue weighted by Crippen LogP contribution is -2.32. The van der Waals surface area contributed by atoms with Crippen molar-refractivity contribution < 1.29 is 28.5 Å². The van der Waals surface area contributed by atoms with E-state index in [0.717, 1.165) is 6.26 Å². The molecule has 0 heterocycles. The monoisotopic (exact) mass is 274 g/mol. The zero-order valence-electron chi connectivity index (χ0n) is 11.9. The first-order valence-corrected chi connectivity index (χ1v) is 6.38. The quantitative estimate of drug-likeness (QED) is 0.150. The molecule has 0 N–H and O–H groups in total. The smallest absolute Gasteiger partial charge is 0.345 e. The molecule has 0 spiro atoms. The van der Waals surface area contributed by atoms with Crippen LogP contribution in [-0.2, 0) is 28.5 Å². The summed E-state index contributed by atoms with van der Waals surface area (Å²) in [5, 5.41) is 0. The van der Waals surface area contributed by atoms with Crippen LogP contribution >= 0.6 is 0 Å². The molecule has 19 heavy (non-hydrogen) atoms. The molecule has 0 aliphatic heterocycles. The molecule has 0 aromatic carbocycles. The molecule has 0 bridgehead atoms. The van der Waals surface area contributed by atoms with Crippen molar-refractivity contribution in [1.82, 2.24) is 0 Å². The van der Waals surface area contributed by atoms with E-state index in [-0.39, 0.29) is 12.2 Å². The van der Waals surface area contributed by atoms with Crippen molar-refractivity contribution in [1.29, 1.82) is 0 Å². The Balaban J connectivity index is 5.00. The van der Waals surface area contributed by atoms with Crippen molar-refractivity contribution in [3.63, 3.8) is 0 Å². The number of hydrogen-bond donors (Lipinski definition) is 0. The maximum atomic E-state index is 12.1. The van der Waals surface area contributed by atoms with Gasteiger partial charge in [0, 0.05) is 13.2 Å². The van der Waals surface area contributed by atoms with Gasteiger partial charge in [0.05, 0.1) is 13.2 Å². The van der Waals surface area contributed by atoms with Crippen LogP contribution in [0, 0.1) is 0 Å². The van der Waals surface area contributed by atoms with Crippen LogP contribution in [0.4, 0.5) is 0 Å². The zero-order chi connectivity index (χ0) is 14.7. The minimum absolute atomic E-state index is 0.170. The van der Waals surface area contributed by atoms with E-state index in [2.05, 4.69) is 0 Å².